The molecule has 19 heavy (non-hydrogen) atoms. The van der Waals surface area contributed by atoms with Crippen LogP contribution < -0.4 is 10.5 Å². The molecule has 102 valence electrons. The van der Waals surface area contributed by atoms with Gasteiger partial charge in [0, 0.05) is 12.4 Å². The minimum absolute atomic E-state index is 0.220. The van der Waals surface area contributed by atoms with Gasteiger partial charge in [-0.05, 0) is 19.8 Å². The van der Waals surface area contributed by atoms with Gasteiger partial charge < -0.3 is 10.5 Å². The zero-order chi connectivity index (χ0) is 13.3. The summed E-state index contributed by atoms with van der Waals surface area (Å²) in [6.45, 7) is 2.39. The summed E-state index contributed by atoms with van der Waals surface area (Å²) in [7, 11) is 0. The van der Waals surface area contributed by atoms with Gasteiger partial charge in [0.1, 0.15) is 12.4 Å². The summed E-state index contributed by atoms with van der Waals surface area (Å²) in [6, 6.07) is 0. The minimum atomic E-state index is -0.220. The first-order valence-corrected chi connectivity index (χ1v) is 6.76. The molecule has 0 aromatic carbocycles. The maximum absolute atomic E-state index is 6.36. The minimum Gasteiger partial charge on any atom is -0.473 e. The van der Waals surface area contributed by atoms with E-state index in [1.165, 1.54) is 19.3 Å². The molecule has 1 aliphatic carbocycles. The largest absolute Gasteiger partial charge is 0.473 e. The number of aryl methyl sites for hydroxylation is 1. The third-order valence-corrected chi connectivity index (χ3v) is 3.81. The van der Waals surface area contributed by atoms with Gasteiger partial charge in [-0.25, -0.2) is 4.98 Å². The van der Waals surface area contributed by atoms with Crippen molar-refractivity contribution in [1.82, 2.24) is 19.6 Å². The van der Waals surface area contributed by atoms with Crippen LogP contribution in [-0.2, 0) is 0 Å². The van der Waals surface area contributed by atoms with E-state index < -0.39 is 0 Å². The van der Waals surface area contributed by atoms with Gasteiger partial charge in [-0.2, -0.15) is 0 Å². The maximum atomic E-state index is 6.36. The Balaban J connectivity index is 1.78. The average Bonchev–Trinajstić information content (AvgIpc) is 2.80. The first-order chi connectivity index (χ1) is 9.18. The molecule has 6 heteroatoms. The second-order valence-corrected chi connectivity index (χ2v) is 5.38. The highest BCUT2D eigenvalue weighted by molar-refractivity contribution is 5.48. The molecule has 1 saturated carbocycles. The molecule has 2 N–H and O–H groups in total. The highest BCUT2D eigenvalue weighted by atomic mass is 16.5. The van der Waals surface area contributed by atoms with Crippen molar-refractivity contribution >= 4 is 5.65 Å². The van der Waals surface area contributed by atoms with E-state index in [0.29, 0.717) is 18.1 Å². The normalized spacial score (nSPS) is 18.6. The molecule has 1 aliphatic rings. The van der Waals surface area contributed by atoms with E-state index in [9.17, 15) is 0 Å². The molecule has 0 spiro atoms. The van der Waals surface area contributed by atoms with Crippen LogP contribution in [0.5, 0.6) is 5.88 Å². The predicted molar refractivity (Wildman–Crippen MR) is 71.0 cm³/mol. The number of ether oxygens (including phenoxy) is 1. The number of hydrogen-bond acceptors (Lipinski definition) is 5. The van der Waals surface area contributed by atoms with Crippen LogP contribution in [0.2, 0.25) is 0 Å². The Hall–Kier alpha value is -1.69. The van der Waals surface area contributed by atoms with Crippen molar-refractivity contribution in [3.8, 4) is 5.88 Å². The number of rotatable bonds is 3. The Morgan fingerprint density at radius 1 is 1.32 bits per heavy atom. The van der Waals surface area contributed by atoms with Crippen LogP contribution in [0.15, 0.2) is 12.4 Å². The van der Waals surface area contributed by atoms with Gasteiger partial charge in [-0.1, -0.05) is 19.3 Å². The second-order valence-electron chi connectivity index (χ2n) is 5.38. The van der Waals surface area contributed by atoms with E-state index in [-0.39, 0.29) is 5.54 Å². The van der Waals surface area contributed by atoms with Gasteiger partial charge >= 0.3 is 0 Å². The van der Waals surface area contributed by atoms with Crippen LogP contribution in [-0.4, -0.2) is 31.7 Å². The molecule has 2 aromatic rings. The van der Waals surface area contributed by atoms with Crippen LogP contribution in [0.4, 0.5) is 0 Å². The van der Waals surface area contributed by atoms with E-state index in [0.717, 1.165) is 18.7 Å². The Morgan fingerprint density at radius 2 is 2.11 bits per heavy atom. The second kappa shape index (κ2) is 4.77. The molecular formula is C13H19N5O. The smallest absolute Gasteiger partial charge is 0.260 e. The lowest BCUT2D eigenvalue weighted by Gasteiger charge is -2.32. The van der Waals surface area contributed by atoms with Crippen LogP contribution in [0.1, 0.15) is 37.9 Å². The average molecular weight is 261 g/mol. The summed E-state index contributed by atoms with van der Waals surface area (Å²) in [5.41, 5.74) is 6.79. The number of hydrogen-bond donors (Lipinski definition) is 1. The number of fused-ring (bicyclic) bond motifs is 1. The van der Waals surface area contributed by atoms with Crippen molar-refractivity contribution in [3.05, 3.63) is 18.2 Å². The van der Waals surface area contributed by atoms with Crippen molar-refractivity contribution < 1.29 is 4.74 Å². The fourth-order valence-electron chi connectivity index (χ4n) is 2.63. The summed E-state index contributed by atoms with van der Waals surface area (Å²) in [4.78, 5) is 4.23. The third kappa shape index (κ3) is 2.40. The Morgan fingerprint density at radius 3 is 2.89 bits per heavy atom. The van der Waals surface area contributed by atoms with Gasteiger partial charge in [0.15, 0.2) is 0 Å². The number of aromatic nitrogens is 4. The van der Waals surface area contributed by atoms with Crippen LogP contribution in [0.3, 0.4) is 0 Å². The molecule has 0 aliphatic heterocycles. The van der Waals surface area contributed by atoms with Gasteiger partial charge in [-0.3, -0.25) is 4.40 Å². The van der Waals surface area contributed by atoms with E-state index in [1.54, 1.807) is 6.20 Å². The first-order valence-electron chi connectivity index (χ1n) is 6.76. The predicted octanol–water partition coefficient (Wildman–Crippen LogP) is 1.47. The Bertz CT molecular complexity index is 573. The number of nitrogens with two attached hydrogens (primary N) is 1. The zero-order valence-corrected chi connectivity index (χ0v) is 11.2. The van der Waals surface area contributed by atoms with E-state index in [4.69, 9.17) is 10.5 Å². The third-order valence-electron chi connectivity index (χ3n) is 3.81. The topological polar surface area (TPSA) is 78.3 Å². The summed E-state index contributed by atoms with van der Waals surface area (Å²) < 4.78 is 7.68. The Kier molecular flexibility index (Phi) is 3.10. The van der Waals surface area contributed by atoms with Gasteiger partial charge in [0.05, 0.1) is 5.54 Å². The molecule has 0 saturated heterocycles. The van der Waals surface area contributed by atoms with Crippen LogP contribution in [0, 0.1) is 6.92 Å². The van der Waals surface area contributed by atoms with Crippen molar-refractivity contribution in [3.63, 3.8) is 0 Å². The molecule has 0 radical (unpaired) electrons. The maximum Gasteiger partial charge on any atom is 0.260 e. The van der Waals surface area contributed by atoms with Crippen LogP contribution >= 0.6 is 0 Å². The molecule has 3 rings (SSSR count). The quantitative estimate of drug-likeness (QED) is 0.905. The fraction of sp³-hybridized carbons (Fsp3) is 0.615. The van der Waals surface area contributed by atoms with Crippen molar-refractivity contribution in [2.24, 2.45) is 5.73 Å². The Labute approximate surface area is 112 Å². The van der Waals surface area contributed by atoms with Gasteiger partial charge in [0.2, 0.25) is 5.65 Å². The molecule has 2 heterocycles. The highest BCUT2D eigenvalue weighted by Gasteiger charge is 2.28. The number of nitrogens with zero attached hydrogens (tertiary/aromatic N) is 4. The van der Waals surface area contributed by atoms with Gasteiger partial charge in [-0.15, -0.1) is 10.2 Å². The lowest BCUT2D eigenvalue weighted by Crippen LogP contribution is -2.47. The standard InChI is InChI=1S/C13H19N5O/c1-10-16-17-11-12(15-7-8-18(10)11)19-9-13(14)5-3-2-4-6-13/h7-8H,2-6,9,14H2,1H3. The molecule has 2 aromatic heterocycles. The lowest BCUT2D eigenvalue weighted by atomic mass is 9.83. The van der Waals surface area contributed by atoms with E-state index in [2.05, 4.69) is 15.2 Å². The van der Waals surface area contributed by atoms with Crippen molar-refractivity contribution in [1.29, 1.82) is 0 Å². The highest BCUT2D eigenvalue weighted by Crippen LogP contribution is 2.27. The SMILES string of the molecule is Cc1nnc2c(OCC3(N)CCCCC3)nccn12. The molecule has 1 fully saturated rings. The lowest BCUT2D eigenvalue weighted by molar-refractivity contribution is 0.170. The van der Waals surface area contributed by atoms with Crippen LogP contribution in [0.25, 0.3) is 5.65 Å². The zero-order valence-electron chi connectivity index (χ0n) is 11.2. The van der Waals surface area contributed by atoms with E-state index in [1.807, 2.05) is 17.5 Å². The summed E-state index contributed by atoms with van der Waals surface area (Å²) >= 11 is 0. The van der Waals surface area contributed by atoms with Gasteiger partial charge in [0.25, 0.3) is 5.88 Å². The summed E-state index contributed by atoms with van der Waals surface area (Å²) in [6.07, 6.45) is 9.20. The van der Waals surface area contributed by atoms with Crippen molar-refractivity contribution in [2.75, 3.05) is 6.61 Å². The molecule has 0 amide bonds. The first kappa shape index (κ1) is 12.3. The molecule has 0 bridgehead atoms. The molecule has 0 atom stereocenters. The van der Waals surface area contributed by atoms with E-state index >= 15 is 0 Å². The monoisotopic (exact) mass is 261 g/mol. The summed E-state index contributed by atoms with van der Waals surface area (Å²) in [5.74, 6) is 1.33. The molecule has 0 unspecified atom stereocenters. The van der Waals surface area contributed by atoms with Crippen molar-refractivity contribution in [2.45, 2.75) is 44.6 Å². The fourth-order valence-corrected chi connectivity index (χ4v) is 2.63. The molecular weight excluding hydrogens is 242 g/mol. The molecule has 6 nitrogen and oxygen atoms in total. The summed E-state index contributed by atoms with van der Waals surface area (Å²) in [5, 5.41) is 8.12.